The summed E-state index contributed by atoms with van der Waals surface area (Å²) < 4.78 is 0. The van der Waals surface area contributed by atoms with Crippen molar-refractivity contribution in [1.82, 2.24) is 10.6 Å². The molecule has 0 radical (unpaired) electrons. The van der Waals surface area contributed by atoms with Crippen LogP contribution in [-0.2, 0) is 4.79 Å². The number of nitrogens with one attached hydrogen (secondary N) is 2. The molecule has 3 heteroatoms. The molecule has 0 aromatic heterocycles. The highest BCUT2D eigenvalue weighted by Crippen LogP contribution is 2.32. The van der Waals surface area contributed by atoms with Crippen LogP contribution in [0, 0.1) is 5.92 Å². The molecule has 1 aliphatic carbocycles. The molecule has 0 aliphatic heterocycles. The molecule has 3 nitrogen and oxygen atoms in total. The molecule has 0 spiro atoms. The molecule has 1 atom stereocenters. The third kappa shape index (κ3) is 4.42. The quantitative estimate of drug-likeness (QED) is 0.824. The first-order valence-corrected chi connectivity index (χ1v) is 8.36. The molecule has 0 saturated heterocycles. The molecule has 0 bridgehead atoms. The van der Waals surface area contributed by atoms with Crippen molar-refractivity contribution in [2.75, 3.05) is 6.54 Å². The number of carbonyl (C=O) groups excluding carboxylic acids is 1. The Labute approximate surface area is 138 Å². The van der Waals surface area contributed by atoms with E-state index in [4.69, 9.17) is 0 Å². The molecule has 1 saturated carbocycles. The van der Waals surface area contributed by atoms with Gasteiger partial charge in [-0.05, 0) is 36.8 Å². The van der Waals surface area contributed by atoms with Gasteiger partial charge in [0.25, 0.3) is 0 Å². The molecule has 1 amide bonds. The molecule has 0 heterocycles. The van der Waals surface area contributed by atoms with Crippen LogP contribution in [0.1, 0.15) is 36.9 Å². The summed E-state index contributed by atoms with van der Waals surface area (Å²) in [4.78, 5) is 12.2. The van der Waals surface area contributed by atoms with Crippen molar-refractivity contribution < 1.29 is 4.79 Å². The van der Waals surface area contributed by atoms with Crippen molar-refractivity contribution >= 4 is 5.91 Å². The maximum absolute atomic E-state index is 12.2. The van der Waals surface area contributed by atoms with Gasteiger partial charge in [0.05, 0.1) is 12.6 Å². The first kappa shape index (κ1) is 15.8. The second-order valence-corrected chi connectivity index (χ2v) is 6.33. The second-order valence-electron chi connectivity index (χ2n) is 6.33. The Morgan fingerprint density at radius 2 is 1.52 bits per heavy atom. The van der Waals surface area contributed by atoms with Crippen LogP contribution in [0.15, 0.2) is 60.7 Å². The van der Waals surface area contributed by atoms with Gasteiger partial charge in [0.1, 0.15) is 0 Å². The summed E-state index contributed by atoms with van der Waals surface area (Å²) in [7, 11) is 0. The fraction of sp³-hybridized carbons (Fsp3) is 0.350. The molecule has 1 aliphatic rings. The SMILES string of the molecule is C[C@@H](NC(=O)CNC(c1ccccc1)c1ccccc1)C1CC1. The lowest BCUT2D eigenvalue weighted by Crippen LogP contribution is -2.41. The third-order valence-electron chi connectivity index (χ3n) is 4.45. The lowest BCUT2D eigenvalue weighted by atomic mass is 9.99. The standard InChI is InChI=1S/C20H24N2O/c1-15(16-12-13-16)22-19(23)14-21-20(17-8-4-2-5-9-17)18-10-6-3-7-11-18/h2-11,15-16,20-21H,12-14H2,1H3,(H,22,23)/t15-/m1/s1. The van der Waals surface area contributed by atoms with Gasteiger partial charge in [0.15, 0.2) is 0 Å². The maximum atomic E-state index is 12.2. The molecule has 1 fully saturated rings. The summed E-state index contributed by atoms with van der Waals surface area (Å²) in [5, 5.41) is 6.50. The van der Waals surface area contributed by atoms with E-state index in [-0.39, 0.29) is 18.0 Å². The second kappa shape index (κ2) is 7.42. The number of hydrogen-bond acceptors (Lipinski definition) is 2. The van der Waals surface area contributed by atoms with E-state index >= 15 is 0 Å². The van der Waals surface area contributed by atoms with E-state index in [0.29, 0.717) is 12.5 Å². The Morgan fingerprint density at radius 3 is 2.00 bits per heavy atom. The van der Waals surface area contributed by atoms with Crippen LogP contribution in [0.3, 0.4) is 0 Å². The molecule has 2 aromatic carbocycles. The minimum atomic E-state index is 0.0272. The van der Waals surface area contributed by atoms with Crippen LogP contribution in [0.2, 0.25) is 0 Å². The van der Waals surface area contributed by atoms with E-state index in [0.717, 1.165) is 0 Å². The number of carbonyl (C=O) groups is 1. The first-order chi connectivity index (χ1) is 11.2. The van der Waals surface area contributed by atoms with Crippen LogP contribution in [0.5, 0.6) is 0 Å². The van der Waals surface area contributed by atoms with Crippen molar-refractivity contribution in [3.8, 4) is 0 Å². The van der Waals surface area contributed by atoms with Gasteiger partial charge in [-0.3, -0.25) is 10.1 Å². The van der Waals surface area contributed by atoms with Crippen LogP contribution in [0.4, 0.5) is 0 Å². The van der Waals surface area contributed by atoms with E-state index in [1.165, 1.54) is 24.0 Å². The normalized spacial score (nSPS) is 15.4. The zero-order chi connectivity index (χ0) is 16.1. The Balaban J connectivity index is 1.65. The Kier molecular flexibility index (Phi) is 5.09. The predicted molar refractivity (Wildman–Crippen MR) is 93.1 cm³/mol. The number of hydrogen-bond donors (Lipinski definition) is 2. The Bertz CT molecular complexity index is 583. The van der Waals surface area contributed by atoms with Gasteiger partial charge in [-0.2, -0.15) is 0 Å². The van der Waals surface area contributed by atoms with E-state index in [1.807, 2.05) is 36.4 Å². The van der Waals surface area contributed by atoms with Gasteiger partial charge in [-0.25, -0.2) is 0 Å². The van der Waals surface area contributed by atoms with Gasteiger partial charge in [-0.15, -0.1) is 0 Å². The van der Waals surface area contributed by atoms with Gasteiger partial charge < -0.3 is 5.32 Å². The summed E-state index contributed by atoms with van der Waals surface area (Å²) in [6.07, 6.45) is 2.48. The van der Waals surface area contributed by atoms with E-state index < -0.39 is 0 Å². The molecule has 2 N–H and O–H groups in total. The van der Waals surface area contributed by atoms with Crippen molar-refractivity contribution in [1.29, 1.82) is 0 Å². The van der Waals surface area contributed by atoms with Crippen LogP contribution < -0.4 is 10.6 Å². The number of amides is 1. The van der Waals surface area contributed by atoms with Gasteiger partial charge in [-0.1, -0.05) is 60.7 Å². The smallest absolute Gasteiger partial charge is 0.234 e. The Hall–Kier alpha value is -2.13. The summed E-state index contributed by atoms with van der Waals surface area (Å²) >= 11 is 0. The van der Waals surface area contributed by atoms with Gasteiger partial charge >= 0.3 is 0 Å². The number of benzene rings is 2. The zero-order valence-corrected chi connectivity index (χ0v) is 13.5. The molecule has 0 unspecified atom stereocenters. The fourth-order valence-electron chi connectivity index (χ4n) is 2.93. The van der Waals surface area contributed by atoms with Crippen molar-refractivity contribution in [3.05, 3.63) is 71.8 Å². The minimum Gasteiger partial charge on any atom is -0.352 e. The summed E-state index contributed by atoms with van der Waals surface area (Å²) in [5.41, 5.74) is 2.34. The molecule has 3 rings (SSSR count). The fourth-order valence-corrected chi connectivity index (χ4v) is 2.93. The molecule has 2 aromatic rings. The van der Waals surface area contributed by atoms with Crippen molar-refractivity contribution in [2.45, 2.75) is 31.8 Å². The highest BCUT2D eigenvalue weighted by molar-refractivity contribution is 5.78. The lowest BCUT2D eigenvalue weighted by Gasteiger charge is -2.20. The Morgan fingerprint density at radius 1 is 1.00 bits per heavy atom. The largest absolute Gasteiger partial charge is 0.352 e. The molecular weight excluding hydrogens is 284 g/mol. The monoisotopic (exact) mass is 308 g/mol. The highest BCUT2D eigenvalue weighted by Gasteiger charge is 2.28. The molecular formula is C20H24N2O. The van der Waals surface area contributed by atoms with Gasteiger partial charge in [0.2, 0.25) is 5.91 Å². The van der Waals surface area contributed by atoms with Crippen LogP contribution >= 0.6 is 0 Å². The average Bonchev–Trinajstić information content (AvgIpc) is 3.42. The highest BCUT2D eigenvalue weighted by atomic mass is 16.2. The minimum absolute atomic E-state index is 0.0272. The molecule has 23 heavy (non-hydrogen) atoms. The zero-order valence-electron chi connectivity index (χ0n) is 13.5. The number of rotatable bonds is 7. The summed E-state index contributed by atoms with van der Waals surface area (Å²) in [5.74, 6) is 0.749. The lowest BCUT2D eigenvalue weighted by molar-refractivity contribution is -0.121. The summed E-state index contributed by atoms with van der Waals surface area (Å²) in [6, 6.07) is 20.8. The van der Waals surface area contributed by atoms with Crippen molar-refractivity contribution in [3.63, 3.8) is 0 Å². The van der Waals surface area contributed by atoms with Crippen LogP contribution in [-0.4, -0.2) is 18.5 Å². The van der Waals surface area contributed by atoms with Crippen LogP contribution in [0.25, 0.3) is 0 Å². The summed E-state index contributed by atoms with van der Waals surface area (Å²) in [6.45, 7) is 2.42. The third-order valence-corrected chi connectivity index (χ3v) is 4.45. The first-order valence-electron chi connectivity index (χ1n) is 8.36. The average molecular weight is 308 g/mol. The molecule has 120 valence electrons. The topological polar surface area (TPSA) is 41.1 Å². The van der Waals surface area contributed by atoms with Crippen molar-refractivity contribution in [2.24, 2.45) is 5.92 Å². The van der Waals surface area contributed by atoms with E-state index in [2.05, 4.69) is 41.8 Å². The predicted octanol–water partition coefficient (Wildman–Crippen LogP) is 3.28. The van der Waals surface area contributed by atoms with E-state index in [9.17, 15) is 4.79 Å². The maximum Gasteiger partial charge on any atom is 0.234 e. The van der Waals surface area contributed by atoms with Gasteiger partial charge in [0, 0.05) is 6.04 Å². The van der Waals surface area contributed by atoms with E-state index in [1.54, 1.807) is 0 Å².